The van der Waals surface area contributed by atoms with Crippen LogP contribution >= 0.6 is 0 Å². The van der Waals surface area contributed by atoms with Crippen molar-refractivity contribution >= 4 is 34.6 Å². The Bertz CT molecular complexity index is 1200. The van der Waals surface area contributed by atoms with E-state index in [0.29, 0.717) is 5.69 Å². The maximum absolute atomic E-state index is 13.6. The molecule has 11 heteroatoms. The van der Waals surface area contributed by atoms with Gasteiger partial charge >= 0.3 is 5.69 Å². The Hall–Kier alpha value is -3.73. The number of carbonyl (C=O) groups excluding carboxylic acids is 2. The van der Waals surface area contributed by atoms with Gasteiger partial charge in [0.15, 0.2) is 11.5 Å². The van der Waals surface area contributed by atoms with Crippen LogP contribution in [0, 0.1) is 5.92 Å². The van der Waals surface area contributed by atoms with Crippen molar-refractivity contribution in [3.63, 3.8) is 0 Å². The van der Waals surface area contributed by atoms with Crippen molar-refractivity contribution in [3.05, 3.63) is 51.2 Å². The number of para-hydroxylation sites is 1. The first-order valence-corrected chi connectivity index (χ1v) is 11.0. The van der Waals surface area contributed by atoms with Gasteiger partial charge in [0, 0.05) is 26.6 Å². The molecule has 0 saturated heterocycles. The summed E-state index contributed by atoms with van der Waals surface area (Å²) in [6.07, 6.45) is 0.0655. The minimum absolute atomic E-state index is 0.00239. The Labute approximate surface area is 196 Å². The Balaban J connectivity index is 2.07. The van der Waals surface area contributed by atoms with Crippen molar-refractivity contribution in [2.24, 2.45) is 11.0 Å². The molecule has 2 heterocycles. The van der Waals surface area contributed by atoms with E-state index in [1.54, 1.807) is 12.1 Å². The Kier molecular flexibility index (Phi) is 7.67. The van der Waals surface area contributed by atoms with Crippen LogP contribution in [-0.4, -0.2) is 53.3 Å². The van der Waals surface area contributed by atoms with Gasteiger partial charge < -0.3 is 10.5 Å². The van der Waals surface area contributed by atoms with Gasteiger partial charge in [-0.15, -0.1) is 0 Å². The Morgan fingerprint density at radius 2 is 1.94 bits per heavy atom. The summed E-state index contributed by atoms with van der Waals surface area (Å²) >= 11 is 0. The van der Waals surface area contributed by atoms with Crippen LogP contribution in [0.1, 0.15) is 27.2 Å². The molecule has 182 valence electrons. The number of nitrogens with two attached hydrogens (primary N) is 1. The quantitative estimate of drug-likeness (QED) is 0.556. The van der Waals surface area contributed by atoms with Crippen LogP contribution in [0.5, 0.6) is 0 Å². The van der Waals surface area contributed by atoms with E-state index in [1.165, 1.54) is 28.5 Å². The average Bonchev–Trinajstić information content (AvgIpc) is 3.25. The van der Waals surface area contributed by atoms with Gasteiger partial charge in [-0.1, -0.05) is 32.0 Å². The molecule has 1 amide bonds. The van der Waals surface area contributed by atoms with Crippen molar-refractivity contribution in [2.45, 2.75) is 39.8 Å². The Morgan fingerprint density at radius 3 is 2.53 bits per heavy atom. The average molecular weight is 471 g/mol. The normalized spacial score (nSPS) is 15.5. The molecule has 1 aliphatic heterocycles. The van der Waals surface area contributed by atoms with Crippen LogP contribution in [0.15, 0.2) is 45.0 Å². The van der Waals surface area contributed by atoms with E-state index in [-0.39, 0.29) is 55.0 Å². The highest BCUT2D eigenvalue weighted by atomic mass is 16.5. The first kappa shape index (κ1) is 24.9. The smallest absolute Gasteiger partial charge is 0.330 e. The highest BCUT2D eigenvalue weighted by Gasteiger charge is 2.37. The predicted octanol–water partition coefficient (Wildman–Crippen LogP) is 0.978. The van der Waals surface area contributed by atoms with Gasteiger partial charge in [0.05, 0.1) is 12.3 Å². The molecule has 1 unspecified atom stereocenters. The SMILES string of the molecule is COCCN(C(=O)C1=NN(c2ccccc2)C(C(C)=O)C1)c1c(N)n(CC(C)C)c(=O)[nH]c1=O. The minimum atomic E-state index is -0.784. The number of H-pyrrole nitrogens is 1. The van der Waals surface area contributed by atoms with Gasteiger partial charge in [-0.2, -0.15) is 5.10 Å². The van der Waals surface area contributed by atoms with E-state index in [4.69, 9.17) is 10.5 Å². The van der Waals surface area contributed by atoms with Crippen LogP contribution in [0.3, 0.4) is 0 Å². The van der Waals surface area contributed by atoms with Crippen molar-refractivity contribution in [1.82, 2.24) is 9.55 Å². The molecule has 1 aliphatic rings. The molecule has 0 bridgehead atoms. The fourth-order valence-electron chi connectivity index (χ4n) is 3.81. The molecule has 1 aromatic heterocycles. The summed E-state index contributed by atoms with van der Waals surface area (Å²) in [4.78, 5) is 54.5. The molecular formula is C23H30N6O5. The number of nitrogen functional groups attached to an aromatic ring is 1. The van der Waals surface area contributed by atoms with E-state index in [9.17, 15) is 19.2 Å². The molecule has 1 aromatic carbocycles. The number of hydrogen-bond donors (Lipinski definition) is 2. The number of aromatic nitrogens is 2. The molecule has 34 heavy (non-hydrogen) atoms. The molecule has 3 rings (SSSR count). The Morgan fingerprint density at radius 1 is 1.26 bits per heavy atom. The molecule has 11 nitrogen and oxygen atoms in total. The topological polar surface area (TPSA) is 143 Å². The second kappa shape index (κ2) is 10.5. The third-order valence-corrected chi connectivity index (χ3v) is 5.44. The standard InChI is InChI=1S/C23H30N6O5/c1-14(2)13-28-20(24)19(21(31)25-23(28)33)27(10-11-34-4)22(32)17-12-18(15(3)30)29(26-17)16-8-6-5-7-9-16/h5-9,14,18H,10-13,24H2,1-4H3,(H,25,31,33). The van der Waals surface area contributed by atoms with E-state index >= 15 is 0 Å². The predicted molar refractivity (Wildman–Crippen MR) is 130 cm³/mol. The molecule has 1 atom stereocenters. The van der Waals surface area contributed by atoms with E-state index in [0.717, 1.165) is 0 Å². The number of methoxy groups -OCH3 is 1. The maximum atomic E-state index is 13.6. The van der Waals surface area contributed by atoms with Gasteiger partial charge in [-0.25, -0.2) is 4.79 Å². The molecule has 3 N–H and O–H groups in total. The first-order valence-electron chi connectivity index (χ1n) is 11.0. The number of Topliss-reactive ketones (excluding diaryl/α,β-unsaturated/α-hetero) is 1. The molecule has 0 spiro atoms. The number of nitrogens with zero attached hydrogens (tertiary/aromatic N) is 4. The monoisotopic (exact) mass is 470 g/mol. The van der Waals surface area contributed by atoms with Crippen LogP contribution in [0.25, 0.3) is 0 Å². The van der Waals surface area contributed by atoms with Gasteiger partial charge in [-0.05, 0) is 25.0 Å². The second-order valence-corrected chi connectivity index (χ2v) is 8.50. The number of anilines is 3. The second-order valence-electron chi connectivity index (χ2n) is 8.50. The van der Waals surface area contributed by atoms with Crippen LogP contribution < -0.4 is 26.9 Å². The highest BCUT2D eigenvalue weighted by Crippen LogP contribution is 2.27. The minimum Gasteiger partial charge on any atom is -0.383 e. The van der Waals surface area contributed by atoms with Crippen molar-refractivity contribution in [1.29, 1.82) is 0 Å². The number of benzene rings is 1. The number of hydrazone groups is 1. The summed E-state index contributed by atoms with van der Waals surface area (Å²) in [5.41, 5.74) is 5.42. The van der Waals surface area contributed by atoms with E-state index in [1.807, 2.05) is 32.0 Å². The lowest BCUT2D eigenvalue weighted by Gasteiger charge is -2.24. The molecule has 0 aliphatic carbocycles. The number of carbonyl (C=O) groups is 2. The maximum Gasteiger partial charge on any atom is 0.330 e. The van der Waals surface area contributed by atoms with Gasteiger partial charge in [-0.3, -0.25) is 33.8 Å². The number of amides is 1. The summed E-state index contributed by atoms with van der Waals surface area (Å²) in [7, 11) is 1.46. The third kappa shape index (κ3) is 5.09. The van der Waals surface area contributed by atoms with Crippen LogP contribution in [0.2, 0.25) is 0 Å². The van der Waals surface area contributed by atoms with Crippen molar-refractivity contribution in [2.75, 3.05) is 35.9 Å². The summed E-state index contributed by atoms with van der Waals surface area (Å²) in [6.45, 7) is 5.61. The zero-order chi connectivity index (χ0) is 25.0. The fraction of sp³-hybridized carbons (Fsp3) is 0.435. The lowest BCUT2D eigenvalue weighted by Crippen LogP contribution is -2.45. The number of nitrogens with one attached hydrogen (secondary N) is 1. The fourth-order valence-corrected chi connectivity index (χ4v) is 3.81. The summed E-state index contributed by atoms with van der Waals surface area (Å²) in [6, 6.07) is 8.39. The van der Waals surface area contributed by atoms with E-state index < -0.39 is 23.2 Å². The van der Waals surface area contributed by atoms with Crippen molar-refractivity contribution < 1.29 is 14.3 Å². The summed E-state index contributed by atoms with van der Waals surface area (Å²) in [5, 5.41) is 5.95. The van der Waals surface area contributed by atoms with Crippen molar-refractivity contribution in [3.8, 4) is 0 Å². The molecular weight excluding hydrogens is 440 g/mol. The first-order chi connectivity index (χ1) is 16.1. The lowest BCUT2D eigenvalue weighted by molar-refractivity contribution is -0.118. The van der Waals surface area contributed by atoms with Gasteiger partial charge in [0.25, 0.3) is 11.5 Å². The van der Waals surface area contributed by atoms with Gasteiger partial charge in [0.1, 0.15) is 17.6 Å². The van der Waals surface area contributed by atoms with E-state index in [2.05, 4.69) is 10.1 Å². The molecule has 0 saturated carbocycles. The van der Waals surface area contributed by atoms with Crippen LogP contribution in [0.4, 0.5) is 17.2 Å². The third-order valence-electron chi connectivity index (χ3n) is 5.44. The number of aromatic amines is 1. The van der Waals surface area contributed by atoms with Gasteiger partial charge in [0.2, 0.25) is 0 Å². The van der Waals surface area contributed by atoms with Crippen LogP contribution in [-0.2, 0) is 20.9 Å². The summed E-state index contributed by atoms with van der Waals surface area (Å²) < 4.78 is 6.37. The highest BCUT2D eigenvalue weighted by molar-refractivity contribution is 6.45. The summed E-state index contributed by atoms with van der Waals surface area (Å²) in [5.74, 6) is -0.791. The number of hydrogen-bond acceptors (Lipinski definition) is 8. The number of ether oxygens (including phenoxy) is 1. The molecule has 0 radical (unpaired) electrons. The largest absolute Gasteiger partial charge is 0.383 e. The molecule has 0 fully saturated rings. The number of rotatable bonds is 9. The lowest BCUT2D eigenvalue weighted by atomic mass is 10.1. The zero-order valence-corrected chi connectivity index (χ0v) is 19.8. The molecule has 2 aromatic rings. The zero-order valence-electron chi connectivity index (χ0n) is 19.8. The number of ketones is 1.